The fourth-order valence-corrected chi connectivity index (χ4v) is 17.6. The third kappa shape index (κ3) is 7.05. The van der Waals surface area contributed by atoms with Gasteiger partial charge in [-0.15, -0.1) is 0 Å². The molecule has 0 spiro atoms. The van der Waals surface area contributed by atoms with Crippen LogP contribution in [0, 0.1) is 11.8 Å². The molecule has 5 rings (SSSR count). The number of carbonyl (C=O) groups excluding carboxylic acids is 2. The number of hydrogen-bond donors (Lipinski definition) is 0. The summed E-state index contributed by atoms with van der Waals surface area (Å²) in [5.74, 6) is 0.460. The Morgan fingerprint density at radius 1 is 0.843 bits per heavy atom. The Balaban J connectivity index is 1.82. The highest BCUT2D eigenvalue weighted by Gasteiger charge is 2.54. The van der Waals surface area contributed by atoms with Crippen LogP contribution >= 0.6 is 0 Å². The van der Waals surface area contributed by atoms with E-state index < -0.39 is 46.6 Å². The lowest BCUT2D eigenvalue weighted by atomic mass is 9.64. The Morgan fingerprint density at radius 2 is 1.43 bits per heavy atom. The minimum Gasteiger partial charge on any atom is -0.493 e. The summed E-state index contributed by atoms with van der Waals surface area (Å²) in [5, 5.41) is 0. The second-order valence-electron chi connectivity index (χ2n) is 15.1. The minimum absolute atomic E-state index is 0.113. The highest BCUT2D eigenvalue weighted by Crippen LogP contribution is 2.56. The van der Waals surface area contributed by atoms with Gasteiger partial charge in [0.2, 0.25) is 12.7 Å². The Kier molecular flexibility index (Phi) is 12.2. The van der Waals surface area contributed by atoms with Gasteiger partial charge in [0.25, 0.3) is 0 Å². The number of carbonyl (C=O) groups is 2. The summed E-state index contributed by atoms with van der Waals surface area (Å²) in [6.07, 6.45) is -1.10. The van der Waals surface area contributed by atoms with E-state index in [-0.39, 0.29) is 25.9 Å². The average Bonchev–Trinajstić information content (AvgIpc) is 3.77. The summed E-state index contributed by atoms with van der Waals surface area (Å²) in [6.45, 7) is 21.1. The number of cyclic esters (lactones) is 1. The minimum atomic E-state index is -2.41. The van der Waals surface area contributed by atoms with Gasteiger partial charge in [-0.2, -0.15) is 0 Å². The summed E-state index contributed by atoms with van der Waals surface area (Å²) in [4.78, 5) is 29.7. The van der Waals surface area contributed by atoms with E-state index in [4.69, 9.17) is 32.5 Å². The van der Waals surface area contributed by atoms with Gasteiger partial charge in [-0.1, -0.05) is 68.4 Å². The van der Waals surface area contributed by atoms with E-state index in [1.165, 1.54) is 4.90 Å². The third-order valence-corrected chi connectivity index (χ3v) is 22.8. The van der Waals surface area contributed by atoms with Crippen LogP contribution in [0.5, 0.6) is 23.0 Å². The largest absolute Gasteiger partial charge is 0.493 e. The molecule has 0 unspecified atom stereocenters. The molecule has 1 saturated heterocycles. The van der Waals surface area contributed by atoms with Crippen molar-refractivity contribution in [1.29, 1.82) is 0 Å². The Hall–Kier alpha value is -3.07. The van der Waals surface area contributed by atoms with Crippen molar-refractivity contribution < 1.29 is 42.1 Å². The molecule has 2 amide bonds. The van der Waals surface area contributed by atoms with E-state index in [0.717, 1.165) is 34.8 Å². The maximum Gasteiger partial charge on any atom is 0.416 e. The SMILES string of the molecule is CC[Si](CC)(CC)O[C@H]1c2cc3c(cc2[C@@H](c2ccc(OC)c(OC)c2)[C@H](C(=O)N2CCOC2=O)[C@@H]1CO[Si](C(C)C)(C(C)C)C(C)C)OCO3. The molecule has 282 valence electrons. The number of ether oxygens (including phenoxy) is 5. The van der Waals surface area contributed by atoms with Gasteiger partial charge in [0.05, 0.1) is 32.8 Å². The van der Waals surface area contributed by atoms with Crippen molar-refractivity contribution in [3.63, 3.8) is 0 Å². The van der Waals surface area contributed by atoms with Crippen LogP contribution in [-0.4, -0.2) is 74.3 Å². The molecule has 12 heteroatoms. The zero-order chi connectivity index (χ0) is 37.2. The van der Waals surface area contributed by atoms with Crippen LogP contribution in [0.2, 0.25) is 34.8 Å². The zero-order valence-electron chi connectivity index (χ0n) is 32.5. The predicted molar refractivity (Wildman–Crippen MR) is 202 cm³/mol. The van der Waals surface area contributed by atoms with E-state index in [2.05, 4.69) is 68.4 Å². The molecule has 2 heterocycles. The van der Waals surface area contributed by atoms with Crippen LogP contribution in [-0.2, 0) is 18.4 Å². The lowest BCUT2D eigenvalue weighted by Crippen LogP contribution is -2.53. The van der Waals surface area contributed by atoms with Crippen LogP contribution in [0.25, 0.3) is 0 Å². The van der Waals surface area contributed by atoms with Gasteiger partial charge in [0.15, 0.2) is 39.6 Å². The molecule has 0 radical (unpaired) electrons. The lowest BCUT2D eigenvalue weighted by Gasteiger charge is -2.49. The molecular weight excluding hydrogens is 683 g/mol. The molecule has 2 aliphatic heterocycles. The summed E-state index contributed by atoms with van der Waals surface area (Å²) in [5.41, 5.74) is 3.74. The van der Waals surface area contributed by atoms with Crippen molar-refractivity contribution in [3.05, 3.63) is 47.0 Å². The molecule has 10 nitrogen and oxygen atoms in total. The quantitative estimate of drug-likeness (QED) is 0.166. The number of imide groups is 1. The van der Waals surface area contributed by atoms with Crippen LogP contribution in [0.3, 0.4) is 0 Å². The molecule has 2 aromatic carbocycles. The first-order chi connectivity index (χ1) is 24.3. The molecular formula is C39H59NO9Si2. The van der Waals surface area contributed by atoms with E-state index >= 15 is 4.79 Å². The van der Waals surface area contributed by atoms with Crippen molar-refractivity contribution in [1.82, 2.24) is 4.90 Å². The highest BCUT2D eigenvalue weighted by molar-refractivity contribution is 6.77. The van der Waals surface area contributed by atoms with Gasteiger partial charge in [0, 0.05) is 18.4 Å². The smallest absolute Gasteiger partial charge is 0.416 e. The van der Waals surface area contributed by atoms with Crippen LogP contribution in [0.1, 0.15) is 91.0 Å². The molecule has 0 N–H and O–H groups in total. The van der Waals surface area contributed by atoms with Crippen LogP contribution in [0.4, 0.5) is 4.79 Å². The van der Waals surface area contributed by atoms with Gasteiger partial charge in [-0.25, -0.2) is 9.69 Å². The summed E-state index contributed by atoms with van der Waals surface area (Å²) in [6, 6.07) is 12.7. The zero-order valence-corrected chi connectivity index (χ0v) is 34.5. The lowest BCUT2D eigenvalue weighted by molar-refractivity contribution is -0.137. The highest BCUT2D eigenvalue weighted by atomic mass is 28.4. The molecule has 51 heavy (non-hydrogen) atoms. The first kappa shape index (κ1) is 39.1. The molecule has 0 aromatic heterocycles. The molecule has 1 aliphatic carbocycles. The molecule has 0 saturated carbocycles. The fraction of sp³-hybridized carbons (Fsp3) is 0.641. The van der Waals surface area contributed by atoms with Gasteiger partial charge < -0.3 is 32.5 Å². The topological polar surface area (TPSA) is 102 Å². The van der Waals surface area contributed by atoms with Crippen LogP contribution < -0.4 is 18.9 Å². The second kappa shape index (κ2) is 15.9. The number of fused-ring (bicyclic) bond motifs is 2. The number of nitrogens with zero attached hydrogens (tertiary/aromatic N) is 1. The monoisotopic (exact) mass is 741 g/mol. The summed E-state index contributed by atoms with van der Waals surface area (Å²) in [7, 11) is -1.49. The van der Waals surface area contributed by atoms with Crippen molar-refractivity contribution in [2.24, 2.45) is 11.8 Å². The normalized spacial score (nSPS) is 21.8. The van der Waals surface area contributed by atoms with Gasteiger partial charge in [0.1, 0.15) is 6.61 Å². The number of hydrogen-bond acceptors (Lipinski definition) is 9. The van der Waals surface area contributed by atoms with Crippen LogP contribution in [0.15, 0.2) is 30.3 Å². The summed E-state index contributed by atoms with van der Waals surface area (Å²) >= 11 is 0. The molecule has 3 aliphatic rings. The molecule has 2 aromatic rings. The number of benzene rings is 2. The Labute approximate surface area is 306 Å². The first-order valence-electron chi connectivity index (χ1n) is 18.8. The number of rotatable bonds is 15. The number of methoxy groups -OCH3 is 2. The maximum absolute atomic E-state index is 15.2. The van der Waals surface area contributed by atoms with Crippen molar-refractivity contribution >= 4 is 28.6 Å². The molecule has 0 bridgehead atoms. The molecule has 1 fully saturated rings. The van der Waals surface area contributed by atoms with Gasteiger partial charge in [-0.3, -0.25) is 4.79 Å². The maximum atomic E-state index is 15.2. The van der Waals surface area contributed by atoms with Gasteiger partial charge in [-0.05, 0) is 75.7 Å². The van der Waals surface area contributed by atoms with E-state index in [1.54, 1.807) is 14.2 Å². The van der Waals surface area contributed by atoms with Crippen molar-refractivity contribution in [2.45, 2.75) is 109 Å². The third-order valence-electron chi connectivity index (χ3n) is 12.1. The van der Waals surface area contributed by atoms with E-state index in [9.17, 15) is 4.79 Å². The van der Waals surface area contributed by atoms with E-state index in [1.807, 2.05) is 24.3 Å². The predicted octanol–water partition coefficient (Wildman–Crippen LogP) is 9.04. The average molecular weight is 742 g/mol. The van der Waals surface area contributed by atoms with E-state index in [0.29, 0.717) is 46.2 Å². The second-order valence-corrected chi connectivity index (χ2v) is 25.3. The van der Waals surface area contributed by atoms with Crippen molar-refractivity contribution in [2.75, 3.05) is 40.8 Å². The number of amides is 2. The first-order valence-corrected chi connectivity index (χ1v) is 23.4. The Morgan fingerprint density at radius 3 is 1.94 bits per heavy atom. The summed E-state index contributed by atoms with van der Waals surface area (Å²) < 4.78 is 43.7. The molecule has 4 atom stereocenters. The Bertz CT molecular complexity index is 1530. The van der Waals surface area contributed by atoms with Crippen molar-refractivity contribution in [3.8, 4) is 23.0 Å². The fourth-order valence-electron chi connectivity index (χ4n) is 9.23. The standard InChI is InChI=1S/C39H59NO9Si2/c1-12-50(13-2,14-3)49-37-29-21-34-33(46-23-47-34)20-28(29)35(27-15-16-31(43-10)32(19-27)44-11)36(38(41)40-17-18-45-39(40)42)30(37)22-48-51(24(4)5,25(6)7)26(8)9/h15-16,19-21,24-26,30,35-37H,12-14,17-18,22-23H2,1-11H3/t30-,35+,36+,37-/m0/s1. The van der Waals surface area contributed by atoms with Gasteiger partial charge >= 0.3 is 6.09 Å².